The van der Waals surface area contributed by atoms with E-state index in [1.807, 2.05) is 28.8 Å². The highest BCUT2D eigenvalue weighted by Gasteiger charge is 2.05. The van der Waals surface area contributed by atoms with E-state index in [-0.39, 0.29) is 0 Å². The molecule has 3 rings (SSSR count). The highest BCUT2D eigenvalue weighted by Crippen LogP contribution is 2.18. The summed E-state index contributed by atoms with van der Waals surface area (Å²) in [6, 6.07) is 7.89. The standard InChI is InChI=1S/C14H14N4S/c1-2-3-11-8-14(19)18-13(16-11)9-12(17-18)10-4-6-15-7-5-10/h4-9,17H,2-3H2,1H3. The van der Waals surface area contributed by atoms with Crippen molar-refractivity contribution in [1.82, 2.24) is 19.6 Å². The van der Waals surface area contributed by atoms with E-state index in [0.717, 1.165) is 40.1 Å². The Morgan fingerprint density at radius 3 is 2.79 bits per heavy atom. The van der Waals surface area contributed by atoms with E-state index in [2.05, 4.69) is 22.0 Å². The van der Waals surface area contributed by atoms with Gasteiger partial charge in [-0.25, -0.2) is 9.50 Å². The van der Waals surface area contributed by atoms with Gasteiger partial charge in [0.25, 0.3) is 0 Å². The third-order valence-electron chi connectivity index (χ3n) is 3.00. The summed E-state index contributed by atoms with van der Waals surface area (Å²) < 4.78 is 2.60. The number of aromatic nitrogens is 4. The van der Waals surface area contributed by atoms with Crippen molar-refractivity contribution in [1.29, 1.82) is 0 Å². The average Bonchev–Trinajstić information content (AvgIpc) is 2.85. The number of nitrogens with zero attached hydrogens (tertiary/aromatic N) is 3. The van der Waals surface area contributed by atoms with Gasteiger partial charge in [-0.1, -0.05) is 25.6 Å². The number of aryl methyl sites for hydroxylation is 1. The summed E-state index contributed by atoms with van der Waals surface area (Å²) in [7, 11) is 0. The van der Waals surface area contributed by atoms with Crippen molar-refractivity contribution in [3.8, 4) is 11.3 Å². The van der Waals surface area contributed by atoms with Gasteiger partial charge in [-0.2, -0.15) is 0 Å². The molecule has 5 heteroatoms. The molecule has 0 aliphatic rings. The Bertz CT molecular complexity index is 758. The second kappa shape index (κ2) is 4.93. The van der Waals surface area contributed by atoms with Crippen molar-refractivity contribution in [2.75, 3.05) is 0 Å². The smallest absolute Gasteiger partial charge is 0.155 e. The number of nitrogens with one attached hydrogen (secondary N) is 1. The fraction of sp³-hybridized carbons (Fsp3) is 0.214. The Hall–Kier alpha value is -2.01. The van der Waals surface area contributed by atoms with Gasteiger partial charge >= 0.3 is 0 Å². The Morgan fingerprint density at radius 1 is 1.26 bits per heavy atom. The first-order chi connectivity index (χ1) is 9.28. The van der Waals surface area contributed by atoms with Gasteiger partial charge in [0.05, 0.1) is 5.69 Å². The zero-order valence-corrected chi connectivity index (χ0v) is 11.4. The van der Waals surface area contributed by atoms with E-state index in [9.17, 15) is 0 Å². The lowest BCUT2D eigenvalue weighted by Gasteiger charge is -1.99. The summed E-state index contributed by atoms with van der Waals surface area (Å²) >= 11 is 5.40. The Balaban J connectivity index is 2.16. The number of fused-ring (bicyclic) bond motifs is 1. The van der Waals surface area contributed by atoms with Gasteiger partial charge in [-0.15, -0.1) is 0 Å². The molecule has 0 spiro atoms. The molecule has 0 amide bonds. The van der Waals surface area contributed by atoms with Crippen molar-refractivity contribution in [2.24, 2.45) is 0 Å². The van der Waals surface area contributed by atoms with E-state index in [1.165, 1.54) is 0 Å². The molecule has 0 aliphatic heterocycles. The van der Waals surface area contributed by atoms with Crippen LogP contribution < -0.4 is 0 Å². The van der Waals surface area contributed by atoms with Gasteiger partial charge in [-0.05, 0) is 24.6 Å². The minimum Gasteiger partial charge on any atom is -0.291 e. The van der Waals surface area contributed by atoms with Crippen molar-refractivity contribution < 1.29 is 0 Å². The Kier molecular flexibility index (Phi) is 3.13. The molecule has 96 valence electrons. The Morgan fingerprint density at radius 2 is 2.05 bits per heavy atom. The van der Waals surface area contributed by atoms with E-state index in [0.29, 0.717) is 0 Å². The Labute approximate surface area is 116 Å². The lowest BCUT2D eigenvalue weighted by atomic mass is 10.2. The zero-order chi connectivity index (χ0) is 13.2. The molecule has 3 aromatic heterocycles. The molecule has 0 fully saturated rings. The second-order valence-electron chi connectivity index (χ2n) is 4.44. The molecule has 0 unspecified atom stereocenters. The molecule has 3 heterocycles. The minimum absolute atomic E-state index is 0.758. The predicted molar refractivity (Wildman–Crippen MR) is 77.6 cm³/mol. The molecule has 4 nitrogen and oxygen atoms in total. The molecule has 3 aromatic rings. The van der Waals surface area contributed by atoms with E-state index < -0.39 is 0 Å². The molecule has 0 atom stereocenters. The summed E-state index contributed by atoms with van der Waals surface area (Å²) in [5.74, 6) is 0. The summed E-state index contributed by atoms with van der Waals surface area (Å²) in [5.41, 5.74) is 3.98. The number of rotatable bonds is 3. The molecule has 19 heavy (non-hydrogen) atoms. The van der Waals surface area contributed by atoms with Crippen LogP contribution >= 0.6 is 12.2 Å². The lowest BCUT2D eigenvalue weighted by molar-refractivity contribution is 0.853. The monoisotopic (exact) mass is 270 g/mol. The number of hydrogen-bond acceptors (Lipinski definition) is 3. The van der Waals surface area contributed by atoms with E-state index >= 15 is 0 Å². The zero-order valence-electron chi connectivity index (χ0n) is 10.6. The minimum atomic E-state index is 0.758. The molecule has 0 aliphatic carbocycles. The topological polar surface area (TPSA) is 46.0 Å². The maximum absolute atomic E-state index is 5.40. The van der Waals surface area contributed by atoms with Crippen LogP contribution in [0, 0.1) is 4.64 Å². The van der Waals surface area contributed by atoms with Crippen LogP contribution in [0.3, 0.4) is 0 Å². The normalized spacial score (nSPS) is 11.0. The van der Waals surface area contributed by atoms with Crippen LogP contribution in [-0.4, -0.2) is 19.6 Å². The molecule has 0 aromatic carbocycles. The summed E-state index contributed by atoms with van der Waals surface area (Å²) in [6.07, 6.45) is 5.57. The third kappa shape index (κ3) is 2.29. The highest BCUT2D eigenvalue weighted by molar-refractivity contribution is 7.71. The van der Waals surface area contributed by atoms with Crippen molar-refractivity contribution in [3.05, 3.63) is 47.0 Å². The SMILES string of the molecule is CCCc1cc(=S)n2[nH]c(-c3ccncc3)cc2n1. The molecular weight excluding hydrogens is 256 g/mol. The summed E-state index contributed by atoms with van der Waals surface area (Å²) in [4.78, 5) is 8.65. The highest BCUT2D eigenvalue weighted by atomic mass is 32.1. The van der Waals surface area contributed by atoms with Crippen LogP contribution in [0.25, 0.3) is 16.9 Å². The predicted octanol–water partition coefficient (Wildman–Crippen LogP) is 3.41. The van der Waals surface area contributed by atoms with Crippen LogP contribution in [-0.2, 0) is 6.42 Å². The van der Waals surface area contributed by atoms with Crippen LogP contribution in [0.2, 0.25) is 0 Å². The van der Waals surface area contributed by atoms with Gasteiger partial charge < -0.3 is 0 Å². The third-order valence-corrected chi connectivity index (χ3v) is 3.30. The average molecular weight is 270 g/mol. The maximum atomic E-state index is 5.40. The largest absolute Gasteiger partial charge is 0.291 e. The van der Waals surface area contributed by atoms with Crippen LogP contribution in [0.4, 0.5) is 0 Å². The van der Waals surface area contributed by atoms with Gasteiger partial charge in [-0.3, -0.25) is 10.1 Å². The second-order valence-corrected chi connectivity index (χ2v) is 4.85. The number of pyridine rings is 1. The van der Waals surface area contributed by atoms with Gasteiger partial charge in [0.1, 0.15) is 4.64 Å². The van der Waals surface area contributed by atoms with Gasteiger partial charge in [0.2, 0.25) is 0 Å². The molecular formula is C14H14N4S. The number of aromatic amines is 1. The van der Waals surface area contributed by atoms with E-state index in [1.54, 1.807) is 12.4 Å². The molecule has 0 saturated carbocycles. The number of hydrogen-bond donors (Lipinski definition) is 1. The van der Waals surface area contributed by atoms with Crippen molar-refractivity contribution >= 4 is 17.9 Å². The van der Waals surface area contributed by atoms with Crippen LogP contribution in [0.5, 0.6) is 0 Å². The molecule has 1 N–H and O–H groups in total. The summed E-state index contributed by atoms with van der Waals surface area (Å²) in [6.45, 7) is 2.14. The fourth-order valence-electron chi connectivity index (χ4n) is 2.10. The van der Waals surface area contributed by atoms with Crippen molar-refractivity contribution in [3.63, 3.8) is 0 Å². The molecule has 0 saturated heterocycles. The number of H-pyrrole nitrogens is 1. The quantitative estimate of drug-likeness (QED) is 0.742. The summed E-state index contributed by atoms with van der Waals surface area (Å²) in [5, 5.41) is 3.27. The lowest BCUT2D eigenvalue weighted by Crippen LogP contribution is -1.96. The first kappa shape index (κ1) is 12.0. The molecule has 0 bridgehead atoms. The van der Waals surface area contributed by atoms with Gasteiger partial charge in [0, 0.05) is 29.7 Å². The fourth-order valence-corrected chi connectivity index (χ4v) is 2.38. The van der Waals surface area contributed by atoms with E-state index in [4.69, 9.17) is 12.2 Å². The molecule has 0 radical (unpaired) electrons. The first-order valence-corrected chi connectivity index (χ1v) is 6.71. The van der Waals surface area contributed by atoms with Crippen molar-refractivity contribution in [2.45, 2.75) is 19.8 Å². The first-order valence-electron chi connectivity index (χ1n) is 6.30. The maximum Gasteiger partial charge on any atom is 0.155 e. The van der Waals surface area contributed by atoms with Gasteiger partial charge in [0.15, 0.2) is 5.65 Å². The van der Waals surface area contributed by atoms with Crippen LogP contribution in [0.15, 0.2) is 36.7 Å². The van der Waals surface area contributed by atoms with Crippen LogP contribution in [0.1, 0.15) is 19.0 Å².